The highest BCUT2D eigenvalue weighted by atomic mass is 32.1. The Morgan fingerprint density at radius 1 is 0.889 bits per heavy atom. The Hall–Kier alpha value is -4.18. The van der Waals surface area contributed by atoms with Crippen LogP contribution in [0.2, 0.25) is 0 Å². The summed E-state index contributed by atoms with van der Waals surface area (Å²) in [6.07, 6.45) is 1.49. The summed E-state index contributed by atoms with van der Waals surface area (Å²) >= 11 is 4.64. The molecule has 0 saturated carbocycles. The fraction of sp³-hybridized carbons (Fsp3) is 0.192. The van der Waals surface area contributed by atoms with Gasteiger partial charge in [0.25, 0.3) is 0 Å². The Bertz CT molecular complexity index is 1460. The van der Waals surface area contributed by atoms with Crippen molar-refractivity contribution < 1.29 is 34.0 Å². The fourth-order valence-corrected chi connectivity index (χ4v) is 4.45. The normalized spacial score (nSPS) is 11.7. The van der Waals surface area contributed by atoms with Crippen molar-refractivity contribution in [2.75, 3.05) is 28.4 Å². The number of carboxylic acids is 1. The number of benzene rings is 2. The third-order valence-corrected chi connectivity index (χ3v) is 6.23. The number of nitrogens with zero attached hydrogens (tertiary/aromatic N) is 2. The van der Waals surface area contributed by atoms with E-state index in [-0.39, 0.29) is 22.7 Å². The number of carbonyl (C=O) groups is 1. The number of hydrogen-bond acceptors (Lipinski definition) is 9. The summed E-state index contributed by atoms with van der Waals surface area (Å²) in [5.74, 6) is 0.373. The molecule has 2 heterocycles. The van der Waals surface area contributed by atoms with E-state index >= 15 is 0 Å². The molecule has 0 radical (unpaired) electrons. The van der Waals surface area contributed by atoms with Crippen molar-refractivity contribution in [2.45, 2.75) is 5.25 Å². The van der Waals surface area contributed by atoms with Gasteiger partial charge in [0.15, 0.2) is 23.0 Å². The number of hydrogen-bond donors (Lipinski definition) is 3. The second kappa shape index (κ2) is 10.2. The second-order valence-corrected chi connectivity index (χ2v) is 8.17. The first kappa shape index (κ1) is 24.9. The third-order valence-electron chi connectivity index (χ3n) is 5.74. The van der Waals surface area contributed by atoms with Crippen LogP contribution in [0, 0.1) is 0 Å². The average molecular weight is 509 g/mol. The third kappa shape index (κ3) is 4.31. The lowest BCUT2D eigenvalue weighted by atomic mass is 9.92. The maximum Gasteiger partial charge on any atom is 0.338 e. The van der Waals surface area contributed by atoms with Gasteiger partial charge in [0.2, 0.25) is 0 Å². The van der Waals surface area contributed by atoms with E-state index in [9.17, 15) is 15.0 Å². The van der Waals surface area contributed by atoms with Gasteiger partial charge in [0.1, 0.15) is 11.4 Å². The van der Waals surface area contributed by atoms with E-state index in [4.69, 9.17) is 18.9 Å². The van der Waals surface area contributed by atoms with Crippen molar-refractivity contribution in [2.24, 2.45) is 0 Å². The van der Waals surface area contributed by atoms with Crippen LogP contribution < -0.4 is 18.9 Å². The number of aromatic carboxylic acids is 1. The highest BCUT2D eigenvalue weighted by Crippen LogP contribution is 2.44. The average Bonchev–Trinajstić information content (AvgIpc) is 2.90. The van der Waals surface area contributed by atoms with E-state index in [1.54, 1.807) is 36.4 Å². The Morgan fingerprint density at radius 3 is 2.14 bits per heavy atom. The molecular formula is C26H24N2O7S. The summed E-state index contributed by atoms with van der Waals surface area (Å²) in [4.78, 5) is 21.6. The smallest absolute Gasteiger partial charge is 0.338 e. The van der Waals surface area contributed by atoms with Crippen molar-refractivity contribution >= 4 is 29.5 Å². The van der Waals surface area contributed by atoms with Gasteiger partial charge < -0.3 is 29.2 Å². The zero-order valence-corrected chi connectivity index (χ0v) is 20.9. The quantitative estimate of drug-likeness (QED) is 0.290. The molecule has 0 spiro atoms. The van der Waals surface area contributed by atoms with Crippen LogP contribution in [0.3, 0.4) is 0 Å². The number of methoxy groups -OCH3 is 4. The number of rotatable bonds is 8. The number of fused-ring (bicyclic) bond motifs is 1. The monoisotopic (exact) mass is 508 g/mol. The molecule has 0 fully saturated rings. The number of carboxylic acid groups (broad SMARTS) is 1. The largest absolute Gasteiger partial charge is 0.506 e. The minimum absolute atomic E-state index is 0.101. The molecule has 0 amide bonds. The van der Waals surface area contributed by atoms with E-state index in [1.807, 2.05) is 0 Å². The fourth-order valence-electron chi connectivity index (χ4n) is 4.06. The topological polar surface area (TPSA) is 120 Å². The van der Waals surface area contributed by atoms with Crippen LogP contribution in [-0.2, 0) is 0 Å². The van der Waals surface area contributed by atoms with Gasteiger partial charge in [-0.3, -0.25) is 9.97 Å². The standard InChI is InChI=1S/C26H24N2O7S/c1-32-17-8-7-13(10-18(17)33-2)21-14-11-19(34-3)20(35-4)12-15(14)28-24(22(21)26(30)31)25(36)23-16(29)6-5-9-27-23/h5-12,25,29,36H,1-4H3,(H,30,31). The molecule has 36 heavy (non-hydrogen) atoms. The zero-order chi connectivity index (χ0) is 26.0. The molecule has 2 N–H and O–H groups in total. The lowest BCUT2D eigenvalue weighted by Crippen LogP contribution is -2.12. The van der Waals surface area contributed by atoms with Gasteiger partial charge >= 0.3 is 5.97 Å². The van der Waals surface area contributed by atoms with Crippen molar-refractivity contribution in [1.29, 1.82) is 0 Å². The lowest BCUT2D eigenvalue weighted by Gasteiger charge is -2.20. The molecule has 1 unspecified atom stereocenters. The van der Waals surface area contributed by atoms with Crippen molar-refractivity contribution in [3.8, 4) is 39.9 Å². The van der Waals surface area contributed by atoms with E-state index in [0.29, 0.717) is 45.0 Å². The molecule has 0 aliphatic carbocycles. The van der Waals surface area contributed by atoms with Gasteiger partial charge in [0, 0.05) is 23.2 Å². The van der Waals surface area contributed by atoms with Crippen LogP contribution in [-0.4, -0.2) is 54.6 Å². The van der Waals surface area contributed by atoms with Gasteiger partial charge in [-0.2, -0.15) is 12.6 Å². The van der Waals surface area contributed by atoms with Crippen LogP contribution in [0.15, 0.2) is 48.7 Å². The van der Waals surface area contributed by atoms with Crippen LogP contribution in [0.4, 0.5) is 0 Å². The Balaban J connectivity index is 2.15. The van der Waals surface area contributed by atoms with Gasteiger partial charge in [-0.05, 0) is 35.9 Å². The first-order valence-corrected chi connectivity index (χ1v) is 11.2. The molecule has 2 aromatic carbocycles. The second-order valence-electron chi connectivity index (χ2n) is 7.66. The molecule has 0 aliphatic rings. The lowest BCUT2D eigenvalue weighted by molar-refractivity contribution is 0.0696. The number of thiol groups is 1. The van der Waals surface area contributed by atoms with Gasteiger partial charge in [-0.15, -0.1) is 0 Å². The number of aromatic hydroxyl groups is 1. The van der Waals surface area contributed by atoms with E-state index in [1.165, 1.54) is 40.7 Å². The van der Waals surface area contributed by atoms with E-state index < -0.39 is 11.2 Å². The van der Waals surface area contributed by atoms with Crippen molar-refractivity contribution in [3.05, 3.63) is 65.6 Å². The minimum atomic E-state index is -1.23. The molecular weight excluding hydrogens is 484 g/mol. The maximum atomic E-state index is 12.8. The predicted molar refractivity (Wildman–Crippen MR) is 137 cm³/mol. The van der Waals surface area contributed by atoms with Crippen LogP contribution in [0.25, 0.3) is 22.0 Å². The van der Waals surface area contributed by atoms with Gasteiger partial charge in [0.05, 0.1) is 50.5 Å². The van der Waals surface area contributed by atoms with Crippen LogP contribution in [0.1, 0.15) is 27.0 Å². The van der Waals surface area contributed by atoms with Crippen LogP contribution >= 0.6 is 12.6 Å². The summed E-state index contributed by atoms with van der Waals surface area (Å²) in [7, 11) is 6.01. The molecule has 0 saturated heterocycles. The maximum absolute atomic E-state index is 12.8. The van der Waals surface area contributed by atoms with Gasteiger partial charge in [-0.1, -0.05) is 6.07 Å². The molecule has 4 rings (SSSR count). The summed E-state index contributed by atoms with van der Waals surface area (Å²) in [5.41, 5.74) is 1.51. The van der Waals surface area contributed by atoms with Crippen LogP contribution in [0.5, 0.6) is 28.7 Å². The number of pyridine rings is 2. The molecule has 0 aliphatic heterocycles. The summed E-state index contributed by atoms with van der Waals surface area (Å²) in [6, 6.07) is 11.5. The van der Waals surface area contributed by atoms with E-state index in [0.717, 1.165) is 0 Å². The van der Waals surface area contributed by atoms with Crippen molar-refractivity contribution in [1.82, 2.24) is 9.97 Å². The predicted octanol–water partition coefficient (Wildman–Crippen LogP) is 4.75. The van der Waals surface area contributed by atoms with Crippen molar-refractivity contribution in [3.63, 3.8) is 0 Å². The highest BCUT2D eigenvalue weighted by molar-refractivity contribution is 7.80. The number of ether oxygens (including phenoxy) is 4. The first-order valence-electron chi connectivity index (χ1n) is 10.7. The summed E-state index contributed by atoms with van der Waals surface area (Å²) in [5, 5.41) is 20.4. The molecule has 4 aromatic rings. The molecule has 1 atom stereocenters. The molecule has 9 nitrogen and oxygen atoms in total. The zero-order valence-electron chi connectivity index (χ0n) is 20.0. The summed E-state index contributed by atoms with van der Waals surface area (Å²) < 4.78 is 21.7. The first-order chi connectivity index (χ1) is 17.3. The summed E-state index contributed by atoms with van der Waals surface area (Å²) in [6.45, 7) is 0. The Morgan fingerprint density at radius 2 is 1.53 bits per heavy atom. The Kier molecular flexibility index (Phi) is 7.07. The van der Waals surface area contributed by atoms with Gasteiger partial charge in [-0.25, -0.2) is 4.79 Å². The Labute approximate surface area is 212 Å². The number of aromatic nitrogens is 2. The molecule has 186 valence electrons. The SMILES string of the molecule is COc1ccc(-c2c(C(=O)O)c(C(S)c3ncccc3O)nc3cc(OC)c(OC)cc23)cc1OC. The highest BCUT2D eigenvalue weighted by Gasteiger charge is 2.29. The molecule has 10 heteroatoms. The minimum Gasteiger partial charge on any atom is -0.506 e. The van der Waals surface area contributed by atoms with E-state index in [2.05, 4.69) is 22.6 Å². The molecule has 2 aromatic heterocycles. The molecule has 0 bridgehead atoms.